The minimum Gasteiger partial charge on any atom is -0.359 e. The molecule has 3 heteroatoms. The molecule has 0 aliphatic heterocycles. The highest BCUT2D eigenvalue weighted by Crippen LogP contribution is 2.25. The van der Waals surface area contributed by atoms with Crippen molar-refractivity contribution in [2.24, 2.45) is 5.92 Å². The Kier molecular flexibility index (Phi) is 4.63. The molecule has 1 rings (SSSR count). The molecule has 1 amide bonds. The molecule has 0 heterocycles. The molecular weight excluding hydrogens is 178 g/mol. The first-order valence-corrected chi connectivity index (χ1v) is 5.47. The topological polar surface area (TPSA) is 46.2 Å². The number of hydrogen-bond donors (Lipinski definition) is 1. The first-order chi connectivity index (χ1) is 6.74. The fourth-order valence-electron chi connectivity index (χ4n) is 1.99. The molecule has 1 aliphatic carbocycles. The van der Waals surface area contributed by atoms with Crippen LogP contribution in [-0.4, -0.2) is 18.7 Å². The van der Waals surface area contributed by atoms with Gasteiger partial charge in [0.25, 0.3) is 0 Å². The Hall–Kier alpha value is -0.860. The minimum atomic E-state index is -0.0332. The van der Waals surface area contributed by atoms with Crippen molar-refractivity contribution in [1.82, 2.24) is 5.32 Å². The van der Waals surface area contributed by atoms with E-state index >= 15 is 0 Å². The van der Waals surface area contributed by atoms with Crippen molar-refractivity contribution in [3.8, 4) is 0 Å². The zero-order valence-corrected chi connectivity index (χ0v) is 8.84. The maximum Gasteiger partial charge on any atom is 0.220 e. The summed E-state index contributed by atoms with van der Waals surface area (Å²) >= 11 is 0. The van der Waals surface area contributed by atoms with Crippen molar-refractivity contribution in [2.45, 2.75) is 44.9 Å². The van der Waals surface area contributed by atoms with Gasteiger partial charge in [-0.2, -0.15) is 0 Å². The molecule has 0 saturated heterocycles. The summed E-state index contributed by atoms with van der Waals surface area (Å²) in [4.78, 5) is 22.6. The maximum absolute atomic E-state index is 11.6. The summed E-state index contributed by atoms with van der Waals surface area (Å²) < 4.78 is 0. The summed E-state index contributed by atoms with van der Waals surface area (Å²) in [6.45, 7) is 0. The molecule has 0 aromatic heterocycles. The third-order valence-corrected chi connectivity index (χ3v) is 2.94. The Labute approximate surface area is 85.3 Å². The molecule has 1 aliphatic rings. The van der Waals surface area contributed by atoms with Gasteiger partial charge < -0.3 is 5.32 Å². The van der Waals surface area contributed by atoms with Gasteiger partial charge in [0.15, 0.2) is 0 Å². The Morgan fingerprint density at radius 1 is 1.14 bits per heavy atom. The van der Waals surface area contributed by atoms with E-state index in [-0.39, 0.29) is 17.6 Å². The number of amides is 1. The van der Waals surface area contributed by atoms with Gasteiger partial charge in [0.05, 0.1) is 0 Å². The lowest BCUT2D eigenvalue weighted by Gasteiger charge is -2.19. The van der Waals surface area contributed by atoms with Gasteiger partial charge in [-0.3, -0.25) is 9.59 Å². The predicted octanol–water partition coefficient (Wildman–Crippen LogP) is 1.66. The van der Waals surface area contributed by atoms with E-state index in [1.54, 1.807) is 7.05 Å². The van der Waals surface area contributed by atoms with Crippen LogP contribution in [0.25, 0.3) is 0 Å². The van der Waals surface area contributed by atoms with Gasteiger partial charge in [-0.15, -0.1) is 0 Å². The van der Waals surface area contributed by atoms with Crippen LogP contribution in [0.5, 0.6) is 0 Å². The fourth-order valence-corrected chi connectivity index (χ4v) is 1.99. The largest absolute Gasteiger partial charge is 0.359 e. The summed E-state index contributed by atoms with van der Waals surface area (Å²) in [6.07, 6.45) is 6.46. The lowest BCUT2D eigenvalue weighted by Crippen LogP contribution is -2.22. The summed E-state index contributed by atoms with van der Waals surface area (Å²) in [5.74, 6) is 0.496. The number of carbonyl (C=O) groups excluding carboxylic acids is 2. The second-order valence-corrected chi connectivity index (χ2v) is 3.97. The van der Waals surface area contributed by atoms with Gasteiger partial charge in [0, 0.05) is 25.8 Å². The van der Waals surface area contributed by atoms with Crippen molar-refractivity contribution >= 4 is 11.7 Å². The van der Waals surface area contributed by atoms with E-state index < -0.39 is 0 Å². The van der Waals surface area contributed by atoms with Crippen LogP contribution in [-0.2, 0) is 9.59 Å². The van der Waals surface area contributed by atoms with Crippen LogP contribution < -0.4 is 5.32 Å². The average Bonchev–Trinajstić information content (AvgIpc) is 2.26. The van der Waals surface area contributed by atoms with Crippen LogP contribution in [0, 0.1) is 5.92 Å². The maximum atomic E-state index is 11.6. The minimum absolute atomic E-state index is 0.0332. The molecule has 0 aromatic rings. The molecule has 0 atom stereocenters. The number of Topliss-reactive ketones (excluding diaryl/α,β-unsaturated/α-hetero) is 1. The molecule has 0 unspecified atom stereocenters. The summed E-state index contributed by atoms with van der Waals surface area (Å²) in [5.41, 5.74) is 0. The third-order valence-electron chi connectivity index (χ3n) is 2.94. The normalized spacial score (nSPS) is 17.8. The van der Waals surface area contributed by atoms with Gasteiger partial charge >= 0.3 is 0 Å². The number of carbonyl (C=O) groups is 2. The van der Waals surface area contributed by atoms with Gasteiger partial charge in [-0.05, 0) is 12.8 Å². The highest BCUT2D eigenvalue weighted by atomic mass is 16.2. The summed E-state index contributed by atoms with van der Waals surface area (Å²) in [6, 6.07) is 0. The second-order valence-electron chi connectivity index (χ2n) is 3.97. The first-order valence-electron chi connectivity index (χ1n) is 5.47. The number of nitrogens with one attached hydrogen (secondary N) is 1. The third kappa shape index (κ3) is 3.48. The summed E-state index contributed by atoms with van der Waals surface area (Å²) in [5, 5.41) is 2.53. The van der Waals surface area contributed by atoms with E-state index in [2.05, 4.69) is 5.32 Å². The van der Waals surface area contributed by atoms with Crippen LogP contribution in [0.15, 0.2) is 0 Å². The molecule has 1 N–H and O–H groups in total. The zero-order chi connectivity index (χ0) is 10.4. The van der Waals surface area contributed by atoms with Gasteiger partial charge in [-0.25, -0.2) is 0 Å². The highest BCUT2D eigenvalue weighted by molar-refractivity contribution is 5.86. The Morgan fingerprint density at radius 2 is 1.79 bits per heavy atom. The van der Waals surface area contributed by atoms with Crippen molar-refractivity contribution in [3.63, 3.8) is 0 Å². The van der Waals surface area contributed by atoms with Crippen LogP contribution in [0.3, 0.4) is 0 Å². The zero-order valence-electron chi connectivity index (χ0n) is 8.84. The monoisotopic (exact) mass is 197 g/mol. The molecule has 1 saturated carbocycles. The van der Waals surface area contributed by atoms with Gasteiger partial charge in [-0.1, -0.05) is 19.3 Å². The summed E-state index contributed by atoms with van der Waals surface area (Å²) in [7, 11) is 1.60. The van der Waals surface area contributed by atoms with E-state index in [1.807, 2.05) is 0 Å². The standard InChI is InChI=1S/C11H19NO2/c1-12-11(14)8-7-10(13)9-5-3-2-4-6-9/h9H,2-8H2,1H3,(H,12,14). The lowest BCUT2D eigenvalue weighted by atomic mass is 9.85. The lowest BCUT2D eigenvalue weighted by molar-refractivity contribution is -0.127. The molecule has 0 bridgehead atoms. The molecule has 1 fully saturated rings. The number of hydrogen-bond acceptors (Lipinski definition) is 2. The van der Waals surface area contributed by atoms with Crippen molar-refractivity contribution in [2.75, 3.05) is 7.05 Å². The van der Waals surface area contributed by atoms with Gasteiger partial charge in [0.1, 0.15) is 5.78 Å². The molecule has 0 aromatic carbocycles. The average molecular weight is 197 g/mol. The van der Waals surface area contributed by atoms with Gasteiger partial charge in [0.2, 0.25) is 5.91 Å². The smallest absolute Gasteiger partial charge is 0.220 e. The van der Waals surface area contributed by atoms with Crippen molar-refractivity contribution in [3.05, 3.63) is 0 Å². The van der Waals surface area contributed by atoms with Crippen molar-refractivity contribution in [1.29, 1.82) is 0 Å². The van der Waals surface area contributed by atoms with E-state index in [9.17, 15) is 9.59 Å². The Morgan fingerprint density at radius 3 is 2.36 bits per heavy atom. The molecule has 0 spiro atoms. The van der Waals surface area contributed by atoms with Crippen LogP contribution >= 0.6 is 0 Å². The first kappa shape index (κ1) is 11.2. The van der Waals surface area contributed by atoms with E-state index in [4.69, 9.17) is 0 Å². The highest BCUT2D eigenvalue weighted by Gasteiger charge is 2.20. The molecule has 3 nitrogen and oxygen atoms in total. The predicted molar refractivity (Wildman–Crippen MR) is 54.9 cm³/mol. The number of ketones is 1. The second kappa shape index (κ2) is 5.78. The van der Waals surface area contributed by atoms with Crippen molar-refractivity contribution < 1.29 is 9.59 Å². The SMILES string of the molecule is CNC(=O)CCC(=O)C1CCCCC1. The van der Waals surface area contributed by atoms with E-state index in [0.717, 1.165) is 12.8 Å². The van der Waals surface area contributed by atoms with Crippen LogP contribution in [0.2, 0.25) is 0 Å². The molecule has 14 heavy (non-hydrogen) atoms. The van der Waals surface area contributed by atoms with Crippen LogP contribution in [0.4, 0.5) is 0 Å². The van der Waals surface area contributed by atoms with Crippen LogP contribution in [0.1, 0.15) is 44.9 Å². The quantitative estimate of drug-likeness (QED) is 0.745. The van der Waals surface area contributed by atoms with E-state index in [0.29, 0.717) is 12.8 Å². The Bertz CT molecular complexity index is 207. The molecule has 80 valence electrons. The fraction of sp³-hybridized carbons (Fsp3) is 0.818. The Balaban J connectivity index is 2.23. The van der Waals surface area contributed by atoms with E-state index in [1.165, 1.54) is 19.3 Å². The number of rotatable bonds is 4. The molecular formula is C11H19NO2. The molecule has 0 radical (unpaired) electrons.